The van der Waals surface area contributed by atoms with Gasteiger partial charge in [-0.15, -0.1) is 0 Å². The first-order valence-corrected chi connectivity index (χ1v) is 5.53. The van der Waals surface area contributed by atoms with E-state index in [1.54, 1.807) is 0 Å². The Labute approximate surface area is 87.1 Å². The lowest BCUT2D eigenvalue weighted by atomic mass is 10.1. The Morgan fingerprint density at radius 3 is 2.29 bits per heavy atom. The number of hydrogen-bond donors (Lipinski definition) is 1. The minimum atomic E-state index is 0.183. The molecule has 14 heavy (non-hydrogen) atoms. The highest BCUT2D eigenvalue weighted by molar-refractivity contribution is 5.76. The Balaban J connectivity index is 3.84. The molecule has 1 amide bonds. The van der Waals surface area contributed by atoms with E-state index in [0.29, 0.717) is 12.5 Å². The fourth-order valence-corrected chi connectivity index (χ4v) is 1.60. The van der Waals surface area contributed by atoms with Crippen LogP contribution in [0.15, 0.2) is 0 Å². The first-order chi connectivity index (χ1) is 6.67. The molecule has 0 aliphatic carbocycles. The second-order valence-electron chi connectivity index (χ2n) is 3.66. The van der Waals surface area contributed by atoms with Gasteiger partial charge in [0.2, 0.25) is 5.91 Å². The summed E-state index contributed by atoms with van der Waals surface area (Å²) in [6, 6.07) is 0.372. The van der Waals surface area contributed by atoms with Gasteiger partial charge in [0.1, 0.15) is 0 Å². The van der Waals surface area contributed by atoms with Gasteiger partial charge < -0.3 is 10.0 Å². The zero-order valence-corrected chi connectivity index (χ0v) is 9.62. The summed E-state index contributed by atoms with van der Waals surface area (Å²) in [5, 5.41) is 8.59. The summed E-state index contributed by atoms with van der Waals surface area (Å²) in [6.07, 6.45) is 4.10. The van der Waals surface area contributed by atoms with E-state index in [1.807, 2.05) is 11.9 Å². The fraction of sp³-hybridized carbons (Fsp3) is 0.909. The average Bonchev–Trinajstić information content (AvgIpc) is 2.19. The molecule has 0 aromatic rings. The van der Waals surface area contributed by atoms with Crippen LogP contribution in [0.2, 0.25) is 0 Å². The van der Waals surface area contributed by atoms with Crippen LogP contribution < -0.4 is 0 Å². The van der Waals surface area contributed by atoms with Gasteiger partial charge in [-0.05, 0) is 25.7 Å². The summed E-state index contributed by atoms with van der Waals surface area (Å²) >= 11 is 0. The van der Waals surface area contributed by atoms with Gasteiger partial charge in [-0.25, -0.2) is 0 Å². The number of rotatable bonds is 7. The van der Waals surface area contributed by atoms with E-state index in [1.165, 1.54) is 0 Å². The van der Waals surface area contributed by atoms with Crippen molar-refractivity contribution in [1.29, 1.82) is 0 Å². The summed E-state index contributed by atoms with van der Waals surface area (Å²) in [5.74, 6) is 0.201. The van der Waals surface area contributed by atoms with E-state index in [0.717, 1.165) is 25.7 Å². The first-order valence-electron chi connectivity index (χ1n) is 5.53. The molecule has 0 aromatic carbocycles. The lowest BCUT2D eigenvalue weighted by Crippen LogP contribution is -2.36. The Bertz CT molecular complexity index is 155. The van der Waals surface area contributed by atoms with E-state index in [9.17, 15) is 4.79 Å². The first kappa shape index (κ1) is 13.4. The van der Waals surface area contributed by atoms with Crippen LogP contribution in [-0.4, -0.2) is 35.6 Å². The Morgan fingerprint density at radius 2 is 1.86 bits per heavy atom. The number of carbonyl (C=O) groups is 1. The summed E-state index contributed by atoms with van der Waals surface area (Å²) < 4.78 is 0. The smallest absolute Gasteiger partial charge is 0.222 e. The molecule has 0 heterocycles. The van der Waals surface area contributed by atoms with Crippen molar-refractivity contribution in [2.75, 3.05) is 13.7 Å². The van der Waals surface area contributed by atoms with Gasteiger partial charge in [-0.3, -0.25) is 4.79 Å². The van der Waals surface area contributed by atoms with Crippen LogP contribution in [0.4, 0.5) is 0 Å². The van der Waals surface area contributed by atoms with Crippen molar-refractivity contribution in [2.45, 2.75) is 52.0 Å². The maximum Gasteiger partial charge on any atom is 0.222 e. The van der Waals surface area contributed by atoms with Gasteiger partial charge in [-0.2, -0.15) is 0 Å². The van der Waals surface area contributed by atoms with Crippen LogP contribution in [0, 0.1) is 0 Å². The number of carbonyl (C=O) groups excluding carboxylic acids is 1. The third kappa shape index (κ3) is 4.61. The molecule has 84 valence electrons. The minimum absolute atomic E-state index is 0.183. The molecule has 0 aliphatic rings. The standard InChI is InChI=1S/C11H23NO2/c1-4-10(5-2)12(3)11(14)8-6-7-9-13/h10,13H,4-9H2,1-3H3. The quantitative estimate of drug-likeness (QED) is 0.638. The molecule has 0 aromatic heterocycles. The topological polar surface area (TPSA) is 40.5 Å². The summed E-state index contributed by atoms with van der Waals surface area (Å²) in [4.78, 5) is 13.5. The molecular formula is C11H23NO2. The molecule has 0 bridgehead atoms. The van der Waals surface area contributed by atoms with E-state index >= 15 is 0 Å². The van der Waals surface area contributed by atoms with Crippen LogP contribution in [0.3, 0.4) is 0 Å². The normalized spacial score (nSPS) is 10.6. The van der Waals surface area contributed by atoms with Gasteiger partial charge >= 0.3 is 0 Å². The van der Waals surface area contributed by atoms with Crippen LogP contribution in [0.5, 0.6) is 0 Å². The fourth-order valence-electron chi connectivity index (χ4n) is 1.60. The Hall–Kier alpha value is -0.570. The van der Waals surface area contributed by atoms with Crippen LogP contribution >= 0.6 is 0 Å². The van der Waals surface area contributed by atoms with Gasteiger partial charge in [-0.1, -0.05) is 13.8 Å². The van der Waals surface area contributed by atoms with Gasteiger partial charge in [0, 0.05) is 26.1 Å². The Kier molecular flexibility index (Phi) is 7.48. The van der Waals surface area contributed by atoms with E-state index in [-0.39, 0.29) is 12.5 Å². The molecule has 1 N–H and O–H groups in total. The van der Waals surface area contributed by atoms with Gasteiger partial charge in [0.15, 0.2) is 0 Å². The number of amides is 1. The maximum atomic E-state index is 11.6. The summed E-state index contributed by atoms with van der Waals surface area (Å²) in [6.45, 7) is 4.39. The van der Waals surface area contributed by atoms with Crippen molar-refractivity contribution in [3.8, 4) is 0 Å². The lowest BCUT2D eigenvalue weighted by molar-refractivity contribution is -0.132. The highest BCUT2D eigenvalue weighted by atomic mass is 16.3. The minimum Gasteiger partial charge on any atom is -0.396 e. The second kappa shape index (κ2) is 7.80. The molecular weight excluding hydrogens is 178 g/mol. The van der Waals surface area contributed by atoms with Gasteiger partial charge in [0.05, 0.1) is 0 Å². The SMILES string of the molecule is CCC(CC)N(C)C(=O)CCCCO. The van der Waals surface area contributed by atoms with Crippen molar-refractivity contribution >= 4 is 5.91 Å². The predicted octanol–water partition coefficient (Wildman–Crippen LogP) is 1.80. The zero-order chi connectivity index (χ0) is 11.0. The molecule has 0 radical (unpaired) electrons. The molecule has 0 spiro atoms. The van der Waals surface area contributed by atoms with Crippen molar-refractivity contribution in [3.63, 3.8) is 0 Å². The number of aliphatic hydroxyl groups is 1. The molecule has 3 nitrogen and oxygen atoms in total. The van der Waals surface area contributed by atoms with Crippen LogP contribution in [0.1, 0.15) is 46.0 Å². The lowest BCUT2D eigenvalue weighted by Gasteiger charge is -2.26. The molecule has 0 atom stereocenters. The third-order valence-electron chi connectivity index (χ3n) is 2.68. The van der Waals surface area contributed by atoms with Crippen molar-refractivity contribution < 1.29 is 9.90 Å². The van der Waals surface area contributed by atoms with E-state index < -0.39 is 0 Å². The largest absolute Gasteiger partial charge is 0.396 e. The second-order valence-corrected chi connectivity index (χ2v) is 3.66. The summed E-state index contributed by atoms with van der Waals surface area (Å²) in [7, 11) is 1.87. The molecule has 3 heteroatoms. The number of nitrogens with zero attached hydrogens (tertiary/aromatic N) is 1. The number of unbranched alkanes of at least 4 members (excludes halogenated alkanes) is 1. The van der Waals surface area contributed by atoms with Crippen molar-refractivity contribution in [3.05, 3.63) is 0 Å². The molecule has 0 rings (SSSR count). The monoisotopic (exact) mass is 201 g/mol. The average molecular weight is 201 g/mol. The van der Waals surface area contributed by atoms with Crippen LogP contribution in [0.25, 0.3) is 0 Å². The molecule has 0 fully saturated rings. The molecule has 0 unspecified atom stereocenters. The molecule has 0 aliphatic heterocycles. The molecule has 0 saturated heterocycles. The van der Waals surface area contributed by atoms with Crippen LogP contribution in [-0.2, 0) is 4.79 Å². The Morgan fingerprint density at radius 1 is 1.29 bits per heavy atom. The maximum absolute atomic E-state index is 11.6. The third-order valence-corrected chi connectivity index (χ3v) is 2.68. The predicted molar refractivity (Wildman–Crippen MR) is 58.1 cm³/mol. The van der Waals surface area contributed by atoms with E-state index in [2.05, 4.69) is 13.8 Å². The molecule has 0 saturated carbocycles. The van der Waals surface area contributed by atoms with E-state index in [4.69, 9.17) is 5.11 Å². The van der Waals surface area contributed by atoms with Crippen molar-refractivity contribution in [2.24, 2.45) is 0 Å². The van der Waals surface area contributed by atoms with Gasteiger partial charge in [0.25, 0.3) is 0 Å². The summed E-state index contributed by atoms with van der Waals surface area (Å²) in [5.41, 5.74) is 0. The van der Waals surface area contributed by atoms with Crippen molar-refractivity contribution in [1.82, 2.24) is 4.90 Å². The highest BCUT2D eigenvalue weighted by Gasteiger charge is 2.15. The number of hydrogen-bond acceptors (Lipinski definition) is 2. The highest BCUT2D eigenvalue weighted by Crippen LogP contribution is 2.09. The zero-order valence-electron chi connectivity index (χ0n) is 9.62. The number of aliphatic hydroxyl groups excluding tert-OH is 1.